The SMILES string of the molecule is O=C(NCc1cccc(Cn2cnc3ccccc32)c1)c1cnccn1. The Balaban J connectivity index is 1.46. The van der Waals surface area contributed by atoms with Gasteiger partial charge in [-0.1, -0.05) is 36.4 Å². The van der Waals surface area contributed by atoms with Crippen molar-refractivity contribution < 1.29 is 4.79 Å². The normalized spacial score (nSPS) is 10.8. The standard InChI is InChI=1S/C20H17N5O/c26-20(18-12-21-8-9-22-18)23-11-15-4-3-5-16(10-15)13-25-14-24-17-6-1-2-7-19(17)25/h1-10,12,14H,11,13H2,(H,23,26). The first-order valence-corrected chi connectivity index (χ1v) is 8.31. The van der Waals surface area contributed by atoms with Gasteiger partial charge in [-0.15, -0.1) is 0 Å². The maximum absolute atomic E-state index is 12.1. The van der Waals surface area contributed by atoms with E-state index in [4.69, 9.17) is 0 Å². The van der Waals surface area contributed by atoms with Crippen LogP contribution < -0.4 is 5.32 Å². The summed E-state index contributed by atoms with van der Waals surface area (Å²) in [5.41, 5.74) is 4.59. The Bertz CT molecular complexity index is 1040. The minimum absolute atomic E-state index is 0.232. The van der Waals surface area contributed by atoms with Crippen molar-refractivity contribution in [2.24, 2.45) is 0 Å². The Morgan fingerprint density at radius 3 is 2.77 bits per heavy atom. The van der Waals surface area contributed by atoms with Crippen molar-refractivity contribution >= 4 is 16.9 Å². The van der Waals surface area contributed by atoms with Gasteiger partial charge in [0.2, 0.25) is 0 Å². The van der Waals surface area contributed by atoms with Gasteiger partial charge in [0.25, 0.3) is 5.91 Å². The summed E-state index contributed by atoms with van der Waals surface area (Å²) in [5, 5.41) is 2.87. The second kappa shape index (κ2) is 7.14. The van der Waals surface area contributed by atoms with E-state index in [0.717, 1.165) is 28.7 Å². The molecule has 0 spiro atoms. The molecule has 0 saturated carbocycles. The first kappa shape index (κ1) is 16.0. The van der Waals surface area contributed by atoms with Crippen LogP contribution in [0.3, 0.4) is 0 Å². The molecule has 0 radical (unpaired) electrons. The van der Waals surface area contributed by atoms with Crippen LogP contribution in [0.15, 0.2) is 73.4 Å². The van der Waals surface area contributed by atoms with Gasteiger partial charge in [0.15, 0.2) is 0 Å². The highest BCUT2D eigenvalue weighted by Gasteiger charge is 2.07. The number of imidazole rings is 1. The Morgan fingerprint density at radius 2 is 1.88 bits per heavy atom. The molecule has 26 heavy (non-hydrogen) atoms. The molecule has 2 aromatic heterocycles. The Labute approximate surface area is 150 Å². The average molecular weight is 343 g/mol. The molecule has 4 aromatic rings. The lowest BCUT2D eigenvalue weighted by molar-refractivity contribution is 0.0945. The Hall–Kier alpha value is -3.54. The summed E-state index contributed by atoms with van der Waals surface area (Å²) in [6.45, 7) is 1.17. The van der Waals surface area contributed by atoms with E-state index in [-0.39, 0.29) is 5.91 Å². The van der Waals surface area contributed by atoms with Crippen molar-refractivity contribution in [3.63, 3.8) is 0 Å². The monoisotopic (exact) mass is 343 g/mol. The molecular formula is C20H17N5O. The number of amides is 1. The van der Waals surface area contributed by atoms with Crippen LogP contribution in [0.5, 0.6) is 0 Å². The van der Waals surface area contributed by atoms with Crippen LogP contribution in [0, 0.1) is 0 Å². The van der Waals surface area contributed by atoms with Crippen molar-refractivity contribution in [2.75, 3.05) is 0 Å². The van der Waals surface area contributed by atoms with Crippen LogP contribution in [-0.4, -0.2) is 25.4 Å². The lowest BCUT2D eigenvalue weighted by atomic mass is 10.1. The fraction of sp³-hybridized carbons (Fsp3) is 0.100. The van der Waals surface area contributed by atoms with E-state index in [0.29, 0.717) is 12.2 Å². The van der Waals surface area contributed by atoms with Crippen molar-refractivity contribution in [2.45, 2.75) is 13.1 Å². The molecule has 0 aliphatic carbocycles. The predicted molar refractivity (Wildman–Crippen MR) is 98.5 cm³/mol. The van der Waals surface area contributed by atoms with Crippen LogP contribution in [0.1, 0.15) is 21.6 Å². The summed E-state index contributed by atoms with van der Waals surface area (Å²) in [4.78, 5) is 24.4. The average Bonchev–Trinajstić information content (AvgIpc) is 3.10. The molecule has 4 rings (SSSR count). The summed E-state index contributed by atoms with van der Waals surface area (Å²) >= 11 is 0. The predicted octanol–water partition coefficient (Wildman–Crippen LogP) is 2.80. The van der Waals surface area contributed by atoms with Crippen molar-refractivity contribution in [3.8, 4) is 0 Å². The zero-order valence-electron chi connectivity index (χ0n) is 14.0. The summed E-state index contributed by atoms with van der Waals surface area (Å²) in [7, 11) is 0. The summed E-state index contributed by atoms with van der Waals surface area (Å²) < 4.78 is 2.12. The van der Waals surface area contributed by atoms with E-state index >= 15 is 0 Å². The molecule has 0 aliphatic heterocycles. The van der Waals surface area contributed by atoms with E-state index in [2.05, 4.69) is 43.0 Å². The van der Waals surface area contributed by atoms with E-state index in [1.165, 1.54) is 12.4 Å². The smallest absolute Gasteiger partial charge is 0.271 e. The van der Waals surface area contributed by atoms with Crippen molar-refractivity contribution in [1.82, 2.24) is 24.8 Å². The van der Waals surface area contributed by atoms with E-state index in [1.807, 2.05) is 36.7 Å². The summed E-state index contributed by atoms with van der Waals surface area (Å²) in [6.07, 6.45) is 6.36. The molecule has 0 aliphatic rings. The van der Waals surface area contributed by atoms with Gasteiger partial charge in [-0.05, 0) is 23.3 Å². The number of benzene rings is 2. The minimum atomic E-state index is -0.232. The van der Waals surface area contributed by atoms with E-state index < -0.39 is 0 Å². The van der Waals surface area contributed by atoms with Gasteiger partial charge in [-0.25, -0.2) is 9.97 Å². The Morgan fingerprint density at radius 1 is 1.00 bits per heavy atom. The number of para-hydroxylation sites is 2. The van der Waals surface area contributed by atoms with Gasteiger partial charge in [0, 0.05) is 25.5 Å². The molecule has 2 aromatic carbocycles. The highest BCUT2D eigenvalue weighted by atomic mass is 16.1. The van der Waals surface area contributed by atoms with Gasteiger partial charge in [-0.3, -0.25) is 9.78 Å². The Kier molecular flexibility index (Phi) is 4.38. The molecule has 0 bridgehead atoms. The highest BCUT2D eigenvalue weighted by Crippen LogP contribution is 2.15. The van der Waals surface area contributed by atoms with Gasteiger partial charge >= 0.3 is 0 Å². The number of carbonyl (C=O) groups excluding carboxylic acids is 1. The molecule has 6 heteroatoms. The van der Waals surface area contributed by atoms with E-state index in [1.54, 1.807) is 6.20 Å². The fourth-order valence-electron chi connectivity index (χ4n) is 2.86. The zero-order valence-corrected chi connectivity index (χ0v) is 14.0. The lowest BCUT2D eigenvalue weighted by Crippen LogP contribution is -2.23. The first-order chi connectivity index (χ1) is 12.8. The van der Waals surface area contributed by atoms with Gasteiger partial charge in [-0.2, -0.15) is 0 Å². The second-order valence-corrected chi connectivity index (χ2v) is 5.95. The maximum Gasteiger partial charge on any atom is 0.271 e. The summed E-state index contributed by atoms with van der Waals surface area (Å²) in [5.74, 6) is -0.232. The van der Waals surface area contributed by atoms with Crippen LogP contribution in [0.4, 0.5) is 0 Å². The fourth-order valence-corrected chi connectivity index (χ4v) is 2.86. The molecule has 6 nitrogen and oxygen atoms in total. The van der Waals surface area contributed by atoms with Gasteiger partial charge in [0.1, 0.15) is 5.69 Å². The number of hydrogen-bond acceptors (Lipinski definition) is 4. The number of aromatic nitrogens is 4. The molecule has 0 atom stereocenters. The van der Waals surface area contributed by atoms with Crippen molar-refractivity contribution in [3.05, 3.63) is 90.3 Å². The summed E-state index contributed by atoms with van der Waals surface area (Å²) in [6, 6.07) is 16.2. The van der Waals surface area contributed by atoms with Crippen molar-refractivity contribution in [1.29, 1.82) is 0 Å². The van der Waals surface area contributed by atoms with Crippen LogP contribution in [-0.2, 0) is 13.1 Å². The molecule has 1 N–H and O–H groups in total. The molecular weight excluding hydrogens is 326 g/mol. The second-order valence-electron chi connectivity index (χ2n) is 5.95. The zero-order chi connectivity index (χ0) is 17.8. The third kappa shape index (κ3) is 3.44. The number of rotatable bonds is 5. The van der Waals surface area contributed by atoms with Crippen LogP contribution >= 0.6 is 0 Å². The highest BCUT2D eigenvalue weighted by molar-refractivity contribution is 5.91. The van der Waals surface area contributed by atoms with E-state index in [9.17, 15) is 4.79 Å². The number of nitrogens with zero attached hydrogens (tertiary/aromatic N) is 4. The molecule has 0 fully saturated rings. The largest absolute Gasteiger partial charge is 0.347 e. The number of nitrogens with one attached hydrogen (secondary N) is 1. The molecule has 1 amide bonds. The minimum Gasteiger partial charge on any atom is -0.347 e. The number of fused-ring (bicyclic) bond motifs is 1. The number of hydrogen-bond donors (Lipinski definition) is 1. The molecule has 128 valence electrons. The number of carbonyl (C=O) groups is 1. The molecule has 0 saturated heterocycles. The maximum atomic E-state index is 12.1. The van der Waals surface area contributed by atoms with Crippen LogP contribution in [0.25, 0.3) is 11.0 Å². The third-order valence-electron chi connectivity index (χ3n) is 4.12. The van der Waals surface area contributed by atoms with Gasteiger partial charge in [0.05, 0.1) is 23.6 Å². The molecule has 2 heterocycles. The first-order valence-electron chi connectivity index (χ1n) is 8.31. The molecule has 0 unspecified atom stereocenters. The lowest BCUT2D eigenvalue weighted by Gasteiger charge is -2.08. The topological polar surface area (TPSA) is 72.7 Å². The van der Waals surface area contributed by atoms with Gasteiger partial charge < -0.3 is 9.88 Å². The quantitative estimate of drug-likeness (QED) is 0.605. The van der Waals surface area contributed by atoms with Crippen LogP contribution in [0.2, 0.25) is 0 Å². The third-order valence-corrected chi connectivity index (χ3v) is 4.12.